The van der Waals surface area contributed by atoms with E-state index in [2.05, 4.69) is 10.3 Å². The van der Waals surface area contributed by atoms with E-state index in [0.717, 1.165) is 22.8 Å². The standard InChI is InChI=1S/C12H12N2O3/c1-13-12-14-6-9(17-12)4-8-2-3-10-11(5-8)16-7-15-10/h2-3,5-6H,4,7H2,1H3,(H,13,14). The van der Waals surface area contributed by atoms with E-state index in [1.807, 2.05) is 18.2 Å². The third-order valence-corrected chi connectivity index (χ3v) is 2.58. The molecule has 0 atom stereocenters. The van der Waals surface area contributed by atoms with Crippen LogP contribution in [0.3, 0.4) is 0 Å². The molecule has 0 saturated carbocycles. The molecule has 0 radical (unpaired) electrons. The normalized spacial score (nSPS) is 12.8. The number of ether oxygens (including phenoxy) is 2. The van der Waals surface area contributed by atoms with Gasteiger partial charge in [0.15, 0.2) is 11.5 Å². The molecule has 5 nitrogen and oxygen atoms in total. The molecule has 0 spiro atoms. The van der Waals surface area contributed by atoms with Gasteiger partial charge >= 0.3 is 0 Å². The topological polar surface area (TPSA) is 56.5 Å². The largest absolute Gasteiger partial charge is 0.454 e. The van der Waals surface area contributed by atoms with Crippen molar-refractivity contribution < 1.29 is 13.9 Å². The van der Waals surface area contributed by atoms with Gasteiger partial charge in [0.05, 0.1) is 6.20 Å². The minimum absolute atomic E-state index is 0.297. The van der Waals surface area contributed by atoms with Crippen LogP contribution in [0, 0.1) is 0 Å². The van der Waals surface area contributed by atoms with E-state index in [1.54, 1.807) is 13.2 Å². The maximum absolute atomic E-state index is 5.46. The molecule has 0 unspecified atom stereocenters. The Bertz CT molecular complexity index is 536. The van der Waals surface area contributed by atoms with Gasteiger partial charge in [0.2, 0.25) is 6.79 Å². The van der Waals surface area contributed by atoms with Gasteiger partial charge in [-0.2, -0.15) is 0 Å². The fourth-order valence-corrected chi connectivity index (χ4v) is 1.76. The summed E-state index contributed by atoms with van der Waals surface area (Å²) < 4.78 is 16.0. The third-order valence-electron chi connectivity index (χ3n) is 2.58. The second kappa shape index (κ2) is 4.01. The van der Waals surface area contributed by atoms with Crippen molar-refractivity contribution in [1.82, 2.24) is 4.98 Å². The average molecular weight is 232 g/mol. The van der Waals surface area contributed by atoms with Gasteiger partial charge in [-0.3, -0.25) is 0 Å². The second-order valence-corrected chi connectivity index (χ2v) is 3.75. The van der Waals surface area contributed by atoms with Gasteiger partial charge in [-0.15, -0.1) is 0 Å². The number of rotatable bonds is 3. The fraction of sp³-hybridized carbons (Fsp3) is 0.250. The fourth-order valence-electron chi connectivity index (χ4n) is 1.76. The lowest BCUT2D eigenvalue weighted by molar-refractivity contribution is 0.174. The Balaban J connectivity index is 1.80. The number of oxazole rings is 1. The first-order valence-electron chi connectivity index (χ1n) is 5.36. The minimum atomic E-state index is 0.297. The van der Waals surface area contributed by atoms with Crippen LogP contribution in [0.1, 0.15) is 11.3 Å². The monoisotopic (exact) mass is 232 g/mol. The number of fused-ring (bicyclic) bond motifs is 1. The van der Waals surface area contributed by atoms with Gasteiger partial charge in [0, 0.05) is 13.5 Å². The van der Waals surface area contributed by atoms with Crippen LogP contribution in [0.15, 0.2) is 28.8 Å². The molecule has 0 amide bonds. The zero-order chi connectivity index (χ0) is 11.7. The Kier molecular flexibility index (Phi) is 2.36. The molecule has 0 fully saturated rings. The summed E-state index contributed by atoms with van der Waals surface area (Å²) in [5.74, 6) is 2.39. The molecular weight excluding hydrogens is 220 g/mol. The zero-order valence-electron chi connectivity index (χ0n) is 9.40. The molecule has 2 aromatic rings. The predicted octanol–water partition coefficient (Wildman–Crippen LogP) is 2.04. The molecule has 0 aliphatic carbocycles. The van der Waals surface area contributed by atoms with Gasteiger partial charge in [-0.1, -0.05) is 6.07 Å². The van der Waals surface area contributed by atoms with E-state index in [1.165, 1.54) is 0 Å². The lowest BCUT2D eigenvalue weighted by Gasteiger charge is -2.00. The highest BCUT2D eigenvalue weighted by Crippen LogP contribution is 2.33. The average Bonchev–Trinajstić information content (AvgIpc) is 2.96. The number of anilines is 1. The van der Waals surface area contributed by atoms with E-state index >= 15 is 0 Å². The molecule has 1 aromatic carbocycles. The van der Waals surface area contributed by atoms with Crippen molar-refractivity contribution in [3.63, 3.8) is 0 Å². The number of nitrogens with zero attached hydrogens (tertiary/aromatic N) is 1. The summed E-state index contributed by atoms with van der Waals surface area (Å²) in [4.78, 5) is 4.07. The first kappa shape index (κ1) is 10.0. The Hall–Kier alpha value is -2.17. The lowest BCUT2D eigenvalue weighted by atomic mass is 10.1. The van der Waals surface area contributed by atoms with Crippen LogP contribution >= 0.6 is 0 Å². The summed E-state index contributed by atoms with van der Waals surface area (Å²) in [5.41, 5.74) is 1.10. The van der Waals surface area contributed by atoms with Crippen molar-refractivity contribution in [2.45, 2.75) is 6.42 Å². The number of nitrogens with one attached hydrogen (secondary N) is 1. The SMILES string of the molecule is CNc1ncc(Cc2ccc3c(c2)OCO3)o1. The summed E-state index contributed by atoms with van der Waals surface area (Å²) in [7, 11) is 1.77. The lowest BCUT2D eigenvalue weighted by Crippen LogP contribution is -1.93. The van der Waals surface area contributed by atoms with Crippen LogP contribution < -0.4 is 14.8 Å². The smallest absolute Gasteiger partial charge is 0.294 e. The summed E-state index contributed by atoms with van der Waals surface area (Å²) in [6.07, 6.45) is 2.40. The van der Waals surface area contributed by atoms with Gasteiger partial charge in [-0.05, 0) is 17.7 Å². The zero-order valence-corrected chi connectivity index (χ0v) is 9.40. The molecule has 3 rings (SSSR count). The number of hydrogen-bond donors (Lipinski definition) is 1. The molecule has 5 heteroatoms. The molecule has 2 heterocycles. The van der Waals surface area contributed by atoms with E-state index in [-0.39, 0.29) is 0 Å². The van der Waals surface area contributed by atoms with Crippen molar-refractivity contribution in [1.29, 1.82) is 0 Å². The van der Waals surface area contributed by atoms with Crippen LogP contribution in [0.4, 0.5) is 6.01 Å². The van der Waals surface area contributed by atoms with E-state index in [0.29, 0.717) is 19.2 Å². The first-order chi connectivity index (χ1) is 8.35. The summed E-state index contributed by atoms with van der Waals surface area (Å²) >= 11 is 0. The van der Waals surface area contributed by atoms with Crippen molar-refractivity contribution in [2.24, 2.45) is 0 Å². The molecule has 1 aliphatic heterocycles. The third kappa shape index (κ3) is 1.91. The van der Waals surface area contributed by atoms with Gasteiger partial charge in [0.25, 0.3) is 6.01 Å². The van der Waals surface area contributed by atoms with Crippen molar-refractivity contribution in [2.75, 3.05) is 19.2 Å². The quantitative estimate of drug-likeness (QED) is 0.877. The Morgan fingerprint density at radius 1 is 1.29 bits per heavy atom. The predicted molar refractivity (Wildman–Crippen MR) is 61.4 cm³/mol. The van der Waals surface area contributed by atoms with Gasteiger partial charge in [0.1, 0.15) is 5.76 Å². The van der Waals surface area contributed by atoms with E-state index in [4.69, 9.17) is 13.9 Å². The Morgan fingerprint density at radius 2 is 2.18 bits per heavy atom. The summed E-state index contributed by atoms with van der Waals surface area (Å²) in [6, 6.07) is 6.40. The molecule has 0 bridgehead atoms. The maximum atomic E-state index is 5.46. The van der Waals surface area contributed by atoms with Crippen molar-refractivity contribution in [3.05, 3.63) is 35.7 Å². The van der Waals surface area contributed by atoms with Crippen molar-refractivity contribution in [3.8, 4) is 11.5 Å². The molecule has 88 valence electrons. The highest BCUT2D eigenvalue weighted by molar-refractivity contribution is 5.45. The number of benzene rings is 1. The van der Waals surface area contributed by atoms with E-state index < -0.39 is 0 Å². The highest BCUT2D eigenvalue weighted by atomic mass is 16.7. The number of hydrogen-bond acceptors (Lipinski definition) is 5. The minimum Gasteiger partial charge on any atom is -0.454 e. The molecule has 1 aliphatic rings. The molecule has 0 saturated heterocycles. The van der Waals surface area contributed by atoms with Crippen LogP contribution in [-0.2, 0) is 6.42 Å². The number of aromatic nitrogens is 1. The van der Waals surface area contributed by atoms with Gasteiger partial charge in [-0.25, -0.2) is 4.98 Å². The molecule has 17 heavy (non-hydrogen) atoms. The highest BCUT2D eigenvalue weighted by Gasteiger charge is 2.14. The summed E-state index contributed by atoms with van der Waals surface area (Å²) in [5, 5.41) is 2.85. The maximum Gasteiger partial charge on any atom is 0.294 e. The van der Waals surface area contributed by atoms with Crippen molar-refractivity contribution >= 4 is 6.01 Å². The molecular formula is C12H12N2O3. The Labute approximate surface area is 98.4 Å². The Morgan fingerprint density at radius 3 is 3.00 bits per heavy atom. The van der Waals surface area contributed by atoms with E-state index in [9.17, 15) is 0 Å². The summed E-state index contributed by atoms with van der Waals surface area (Å²) in [6.45, 7) is 0.297. The van der Waals surface area contributed by atoms with Crippen LogP contribution in [-0.4, -0.2) is 18.8 Å². The van der Waals surface area contributed by atoms with Crippen LogP contribution in [0.25, 0.3) is 0 Å². The molecule has 1 aromatic heterocycles. The first-order valence-corrected chi connectivity index (χ1v) is 5.36. The molecule has 1 N–H and O–H groups in total. The van der Waals surface area contributed by atoms with Gasteiger partial charge < -0.3 is 19.2 Å². The van der Waals surface area contributed by atoms with Crippen LogP contribution in [0.2, 0.25) is 0 Å². The second-order valence-electron chi connectivity index (χ2n) is 3.75. The van der Waals surface area contributed by atoms with Crippen LogP contribution in [0.5, 0.6) is 11.5 Å².